The maximum Gasteiger partial charge on any atom is 0.417 e. The molecule has 2 rings (SSSR count). The summed E-state index contributed by atoms with van der Waals surface area (Å²) < 4.78 is 72.4. The van der Waals surface area contributed by atoms with Crippen LogP contribution in [0.4, 0.5) is 13.2 Å². The highest BCUT2D eigenvalue weighted by molar-refractivity contribution is 7.87. The lowest BCUT2D eigenvalue weighted by Crippen LogP contribution is -2.17. The van der Waals surface area contributed by atoms with Crippen LogP contribution < -0.4 is 4.18 Å². The van der Waals surface area contributed by atoms with Gasteiger partial charge in [-0.2, -0.15) is 21.6 Å². The highest BCUT2D eigenvalue weighted by atomic mass is 32.2. The number of hydrogen-bond donors (Lipinski definition) is 0. The van der Waals surface area contributed by atoms with Crippen molar-refractivity contribution in [3.8, 4) is 5.75 Å². The SMILES string of the molecule is COC(=O)c1cccc(OS(=O)(=O)c2ccccc2C(F)(F)F)c1. The molecule has 0 N–H and O–H groups in total. The van der Waals surface area contributed by atoms with Gasteiger partial charge < -0.3 is 8.92 Å². The molecule has 0 spiro atoms. The van der Waals surface area contributed by atoms with E-state index in [-0.39, 0.29) is 11.3 Å². The van der Waals surface area contributed by atoms with E-state index in [0.717, 1.165) is 31.4 Å². The summed E-state index contributed by atoms with van der Waals surface area (Å²) in [5, 5.41) is 0. The first-order valence-corrected chi connectivity index (χ1v) is 7.85. The van der Waals surface area contributed by atoms with Crippen LogP contribution in [0.25, 0.3) is 0 Å². The van der Waals surface area contributed by atoms with E-state index in [1.165, 1.54) is 18.2 Å². The van der Waals surface area contributed by atoms with E-state index in [9.17, 15) is 26.4 Å². The molecule has 5 nitrogen and oxygen atoms in total. The zero-order valence-electron chi connectivity index (χ0n) is 12.2. The smallest absolute Gasteiger partial charge is 0.417 e. The number of carbonyl (C=O) groups is 1. The van der Waals surface area contributed by atoms with Crippen LogP contribution in [-0.4, -0.2) is 21.5 Å². The van der Waals surface area contributed by atoms with Gasteiger partial charge in [0, 0.05) is 0 Å². The fourth-order valence-corrected chi connectivity index (χ4v) is 3.03. The molecule has 0 saturated heterocycles. The number of rotatable bonds is 4. The molecular formula is C15H11F3O5S. The van der Waals surface area contributed by atoms with E-state index in [0.29, 0.717) is 6.07 Å². The van der Waals surface area contributed by atoms with Crippen molar-refractivity contribution in [3.63, 3.8) is 0 Å². The van der Waals surface area contributed by atoms with Crippen LogP contribution in [0.5, 0.6) is 5.75 Å². The molecule has 2 aromatic carbocycles. The highest BCUT2D eigenvalue weighted by Gasteiger charge is 2.37. The summed E-state index contributed by atoms with van der Waals surface area (Å²) in [5.74, 6) is -1.05. The van der Waals surface area contributed by atoms with Gasteiger partial charge in [0.2, 0.25) is 0 Å². The minimum Gasteiger partial charge on any atom is -0.465 e. The normalized spacial score (nSPS) is 11.8. The number of halogens is 3. The van der Waals surface area contributed by atoms with Gasteiger partial charge in [0.15, 0.2) is 0 Å². The van der Waals surface area contributed by atoms with Crippen molar-refractivity contribution in [1.29, 1.82) is 0 Å². The number of ether oxygens (including phenoxy) is 1. The zero-order chi connectivity index (χ0) is 18.0. The van der Waals surface area contributed by atoms with Crippen LogP contribution in [0.3, 0.4) is 0 Å². The van der Waals surface area contributed by atoms with Gasteiger partial charge in [0.05, 0.1) is 18.2 Å². The first-order chi connectivity index (χ1) is 11.1. The third-order valence-electron chi connectivity index (χ3n) is 2.92. The molecule has 0 radical (unpaired) electrons. The van der Waals surface area contributed by atoms with Crippen LogP contribution in [0, 0.1) is 0 Å². The molecular weight excluding hydrogens is 349 g/mol. The van der Waals surface area contributed by atoms with Crippen LogP contribution in [0.15, 0.2) is 53.4 Å². The monoisotopic (exact) mass is 360 g/mol. The summed E-state index contributed by atoms with van der Waals surface area (Å²) in [6.45, 7) is 0. The quantitative estimate of drug-likeness (QED) is 0.618. The molecule has 0 heterocycles. The van der Waals surface area contributed by atoms with Gasteiger partial charge in [-0.25, -0.2) is 4.79 Å². The molecule has 0 aliphatic carbocycles. The van der Waals surface area contributed by atoms with Gasteiger partial charge in [-0.15, -0.1) is 0 Å². The van der Waals surface area contributed by atoms with Gasteiger partial charge in [0.1, 0.15) is 10.6 Å². The second-order valence-electron chi connectivity index (χ2n) is 4.55. The molecule has 128 valence electrons. The summed E-state index contributed by atoms with van der Waals surface area (Å²) in [4.78, 5) is 10.4. The van der Waals surface area contributed by atoms with E-state index in [4.69, 9.17) is 4.18 Å². The molecule has 0 saturated carbocycles. The van der Waals surface area contributed by atoms with E-state index >= 15 is 0 Å². The van der Waals surface area contributed by atoms with E-state index in [1.54, 1.807) is 0 Å². The van der Waals surface area contributed by atoms with Gasteiger partial charge in [0.25, 0.3) is 0 Å². The number of esters is 1. The first kappa shape index (κ1) is 17.8. The Kier molecular flexibility index (Phi) is 4.83. The summed E-state index contributed by atoms with van der Waals surface area (Å²) >= 11 is 0. The van der Waals surface area contributed by atoms with Crippen LogP contribution in [0.2, 0.25) is 0 Å². The van der Waals surface area contributed by atoms with Crippen molar-refractivity contribution in [2.45, 2.75) is 11.1 Å². The first-order valence-electron chi connectivity index (χ1n) is 6.44. The number of carbonyl (C=O) groups excluding carboxylic acids is 1. The lowest BCUT2D eigenvalue weighted by atomic mass is 10.2. The Balaban J connectivity index is 2.42. The zero-order valence-corrected chi connectivity index (χ0v) is 13.0. The van der Waals surface area contributed by atoms with E-state index in [1.807, 2.05) is 0 Å². The summed E-state index contributed by atoms with van der Waals surface area (Å²) in [5.41, 5.74) is -1.34. The minimum absolute atomic E-state index is 0.00527. The van der Waals surface area contributed by atoms with Crippen molar-refractivity contribution in [2.24, 2.45) is 0 Å². The molecule has 0 unspecified atom stereocenters. The van der Waals surface area contributed by atoms with Gasteiger partial charge in [-0.3, -0.25) is 0 Å². The fourth-order valence-electron chi connectivity index (χ4n) is 1.88. The van der Waals surface area contributed by atoms with E-state index < -0.39 is 32.7 Å². The van der Waals surface area contributed by atoms with Crippen molar-refractivity contribution < 1.29 is 35.3 Å². The third-order valence-corrected chi connectivity index (χ3v) is 4.23. The molecule has 0 amide bonds. The Bertz CT molecular complexity index is 859. The maximum atomic E-state index is 13.0. The Labute approximate surface area is 135 Å². The number of hydrogen-bond acceptors (Lipinski definition) is 5. The average Bonchev–Trinajstić information content (AvgIpc) is 2.53. The molecule has 24 heavy (non-hydrogen) atoms. The second kappa shape index (κ2) is 6.52. The lowest BCUT2D eigenvalue weighted by Gasteiger charge is -2.13. The van der Waals surface area contributed by atoms with Crippen LogP contribution >= 0.6 is 0 Å². The van der Waals surface area contributed by atoms with E-state index in [2.05, 4.69) is 4.74 Å². The van der Waals surface area contributed by atoms with Crippen LogP contribution in [0.1, 0.15) is 15.9 Å². The van der Waals surface area contributed by atoms with Gasteiger partial charge >= 0.3 is 22.3 Å². The molecule has 0 aromatic heterocycles. The predicted octanol–water partition coefficient (Wildman–Crippen LogP) is 3.26. The molecule has 0 bridgehead atoms. The summed E-state index contributed by atoms with van der Waals surface area (Å²) in [6, 6.07) is 8.56. The molecule has 2 aromatic rings. The molecule has 9 heteroatoms. The fraction of sp³-hybridized carbons (Fsp3) is 0.133. The number of benzene rings is 2. The molecule has 0 aliphatic rings. The topological polar surface area (TPSA) is 69.7 Å². The third kappa shape index (κ3) is 3.85. The Hall–Kier alpha value is -2.55. The number of methoxy groups -OCH3 is 1. The number of alkyl halides is 3. The second-order valence-corrected chi connectivity index (χ2v) is 6.07. The van der Waals surface area contributed by atoms with Crippen molar-refractivity contribution in [2.75, 3.05) is 7.11 Å². The predicted molar refractivity (Wildman–Crippen MR) is 77.0 cm³/mol. The Morgan fingerprint density at radius 1 is 1.04 bits per heavy atom. The molecule has 0 aliphatic heterocycles. The summed E-state index contributed by atoms with van der Waals surface area (Å²) in [6.07, 6.45) is -4.86. The van der Waals surface area contributed by atoms with Crippen molar-refractivity contribution in [3.05, 3.63) is 59.7 Å². The highest BCUT2D eigenvalue weighted by Crippen LogP contribution is 2.35. The molecule has 0 atom stereocenters. The maximum absolute atomic E-state index is 13.0. The minimum atomic E-state index is -4.86. The Morgan fingerprint density at radius 3 is 2.33 bits per heavy atom. The van der Waals surface area contributed by atoms with Gasteiger partial charge in [-0.05, 0) is 30.3 Å². The van der Waals surface area contributed by atoms with Crippen LogP contribution in [-0.2, 0) is 21.0 Å². The average molecular weight is 360 g/mol. The lowest BCUT2D eigenvalue weighted by molar-refractivity contribution is -0.139. The van der Waals surface area contributed by atoms with Gasteiger partial charge in [-0.1, -0.05) is 18.2 Å². The molecule has 0 fully saturated rings. The van der Waals surface area contributed by atoms with Crippen molar-refractivity contribution in [1.82, 2.24) is 0 Å². The largest absolute Gasteiger partial charge is 0.465 e. The van der Waals surface area contributed by atoms with Crippen molar-refractivity contribution >= 4 is 16.1 Å². The Morgan fingerprint density at radius 2 is 1.71 bits per heavy atom. The summed E-state index contributed by atoms with van der Waals surface area (Å²) in [7, 11) is -3.62. The standard InChI is InChI=1S/C15H11F3O5S/c1-22-14(19)10-5-4-6-11(9-10)23-24(20,21)13-8-3-2-7-12(13)15(16,17)18/h2-9H,1H3.